The van der Waals surface area contributed by atoms with Crippen LogP contribution in [0.15, 0.2) is 0 Å². The van der Waals surface area contributed by atoms with Gasteiger partial charge in [0.1, 0.15) is 0 Å². The molecule has 0 atom stereocenters. The van der Waals surface area contributed by atoms with Gasteiger partial charge in [0.2, 0.25) is 0 Å². The number of ether oxygens (including phenoxy) is 2. The Morgan fingerprint density at radius 3 is 2.67 bits per heavy atom. The Hall–Kier alpha value is -0.570. The first-order chi connectivity index (χ1) is 2.91. The molecule has 6 heavy (non-hydrogen) atoms. The van der Waals surface area contributed by atoms with E-state index in [9.17, 15) is 0 Å². The van der Waals surface area contributed by atoms with Crippen LogP contribution in [0, 0.1) is 6.79 Å². The van der Waals surface area contributed by atoms with Gasteiger partial charge in [-0.2, -0.15) is 0 Å². The van der Waals surface area contributed by atoms with Crippen molar-refractivity contribution >= 4 is 6.47 Å². The predicted molar refractivity (Wildman–Crippen MR) is 18.1 cm³/mol. The number of hydrogen-bond acceptors (Lipinski definition) is 3. The zero-order valence-corrected chi connectivity index (χ0v) is 3.30. The van der Waals surface area contributed by atoms with Crippen molar-refractivity contribution in [3.63, 3.8) is 0 Å². The molecule has 0 aromatic heterocycles. The average molecular weight is 88.1 g/mol. The molecule has 0 aliphatic rings. The van der Waals surface area contributed by atoms with E-state index in [1.54, 1.807) is 0 Å². The topological polar surface area (TPSA) is 35.5 Å². The van der Waals surface area contributed by atoms with Gasteiger partial charge < -0.3 is 9.47 Å². The predicted octanol–water partition coefficient (Wildman–Crippen LogP) is -0.164. The Bertz CT molecular complexity index is 35.0. The van der Waals surface area contributed by atoms with E-state index in [0.717, 1.165) is 13.3 Å². The summed E-state index contributed by atoms with van der Waals surface area (Å²) in [7, 11) is 1.37. The molecule has 0 amide bonds. The molecule has 0 heterocycles. The Morgan fingerprint density at radius 1 is 1.83 bits per heavy atom. The van der Waals surface area contributed by atoms with E-state index in [0.29, 0.717) is 0 Å². The lowest BCUT2D eigenvalue weighted by atomic mass is 11.3. The summed E-state index contributed by atoms with van der Waals surface area (Å²) in [6.45, 7) is 2.02. The summed E-state index contributed by atoms with van der Waals surface area (Å²) in [4.78, 5) is 9.11. The van der Waals surface area contributed by atoms with E-state index in [4.69, 9.17) is 4.79 Å². The molecule has 0 aromatic rings. The quantitative estimate of drug-likeness (QED) is 0.449. The molecular weight excluding hydrogens is 84.0 g/mol. The highest BCUT2D eigenvalue weighted by atomic mass is 16.7. The van der Waals surface area contributed by atoms with E-state index in [2.05, 4.69) is 9.47 Å². The van der Waals surface area contributed by atoms with Crippen molar-refractivity contribution < 1.29 is 14.3 Å². The molecule has 0 spiro atoms. The minimum atomic E-state index is 0.882. The number of hydrogen-bond donors (Lipinski definition) is 0. The maximum absolute atomic E-state index is 9.11. The summed E-state index contributed by atoms with van der Waals surface area (Å²) >= 11 is 0. The van der Waals surface area contributed by atoms with Crippen LogP contribution in [0.1, 0.15) is 0 Å². The van der Waals surface area contributed by atoms with Crippen molar-refractivity contribution in [2.45, 2.75) is 0 Å². The molecule has 0 bridgehead atoms. The van der Waals surface area contributed by atoms with E-state index < -0.39 is 0 Å². The molecule has 0 saturated heterocycles. The first-order valence-corrected chi connectivity index (χ1v) is 1.29. The van der Waals surface area contributed by atoms with Crippen molar-refractivity contribution in [3.8, 4) is 0 Å². The molecule has 0 rings (SSSR count). The van der Waals surface area contributed by atoms with Gasteiger partial charge in [0.25, 0.3) is 6.79 Å². The van der Waals surface area contributed by atoms with Crippen LogP contribution in [0.25, 0.3) is 0 Å². The third kappa shape index (κ3) is 3.43. The van der Waals surface area contributed by atoms with Crippen LogP contribution >= 0.6 is 0 Å². The molecule has 0 saturated carbocycles. The molecule has 34 valence electrons. The highest BCUT2D eigenvalue weighted by Gasteiger charge is 1.75. The SMILES string of the molecule is CO[CH]O[C]=O. The normalized spacial score (nSPS) is 7.50. The third-order valence-corrected chi connectivity index (χ3v) is 0.192. The Morgan fingerprint density at radius 2 is 2.50 bits per heavy atom. The second kappa shape index (κ2) is 4.43. The molecule has 0 N–H and O–H groups in total. The van der Waals surface area contributed by atoms with Crippen LogP contribution in [0.2, 0.25) is 0 Å². The summed E-state index contributed by atoms with van der Waals surface area (Å²) in [5.41, 5.74) is 0. The Balaban J connectivity index is 2.49. The summed E-state index contributed by atoms with van der Waals surface area (Å²) in [5, 5.41) is 0. The average Bonchev–Trinajstić information content (AvgIpc) is 1.61. The highest BCUT2D eigenvalue weighted by Crippen LogP contribution is 1.71. The monoisotopic (exact) mass is 88.0 g/mol. The van der Waals surface area contributed by atoms with Crippen molar-refractivity contribution in [1.82, 2.24) is 0 Å². The van der Waals surface area contributed by atoms with Gasteiger partial charge in [-0.15, -0.1) is 0 Å². The largest absolute Gasteiger partial charge is 0.420 e. The van der Waals surface area contributed by atoms with Gasteiger partial charge in [0.05, 0.1) is 0 Å². The van der Waals surface area contributed by atoms with E-state index in [1.165, 1.54) is 7.11 Å². The molecule has 0 aliphatic heterocycles. The maximum atomic E-state index is 9.11. The van der Waals surface area contributed by atoms with E-state index >= 15 is 0 Å². The van der Waals surface area contributed by atoms with Crippen molar-refractivity contribution in [2.24, 2.45) is 0 Å². The van der Waals surface area contributed by atoms with Gasteiger partial charge >= 0.3 is 6.47 Å². The van der Waals surface area contributed by atoms with Crippen LogP contribution in [0.4, 0.5) is 0 Å². The first-order valence-electron chi connectivity index (χ1n) is 1.29. The van der Waals surface area contributed by atoms with Crippen molar-refractivity contribution in [1.29, 1.82) is 0 Å². The standard InChI is InChI=1S/C3H4O3/c1-5-3-6-2-4/h3H,1H3. The second-order valence-electron chi connectivity index (χ2n) is 0.533. The molecule has 0 fully saturated rings. The van der Waals surface area contributed by atoms with Gasteiger partial charge in [0.15, 0.2) is 0 Å². The fourth-order valence-corrected chi connectivity index (χ4v) is 0.0678. The summed E-state index contributed by atoms with van der Waals surface area (Å²) in [6.07, 6.45) is 0. The van der Waals surface area contributed by atoms with Gasteiger partial charge in [0, 0.05) is 7.11 Å². The van der Waals surface area contributed by atoms with Gasteiger partial charge in [-0.3, -0.25) is 0 Å². The fraction of sp³-hybridized carbons (Fsp3) is 0.333. The van der Waals surface area contributed by atoms with Gasteiger partial charge in [-0.1, -0.05) is 0 Å². The highest BCUT2D eigenvalue weighted by molar-refractivity contribution is 5.38. The second-order valence-corrected chi connectivity index (χ2v) is 0.533. The molecule has 0 unspecified atom stereocenters. The molecule has 0 aromatic carbocycles. The maximum Gasteiger partial charge on any atom is 0.420 e. The number of rotatable bonds is 3. The molecular formula is C3H4O3. The minimum absolute atomic E-state index is 0.882. The molecule has 3 nitrogen and oxygen atoms in total. The lowest BCUT2D eigenvalue weighted by Crippen LogP contribution is -1.83. The fourth-order valence-electron chi connectivity index (χ4n) is 0.0678. The van der Waals surface area contributed by atoms with Crippen LogP contribution in [0.5, 0.6) is 0 Å². The number of carbonyl (C=O) groups excluding carboxylic acids is 1. The smallest absolute Gasteiger partial charge is 0.420 e. The van der Waals surface area contributed by atoms with E-state index in [-0.39, 0.29) is 0 Å². The first kappa shape index (κ1) is 5.43. The lowest BCUT2D eigenvalue weighted by Gasteiger charge is -1.85. The van der Waals surface area contributed by atoms with Crippen LogP contribution in [0.3, 0.4) is 0 Å². The molecule has 3 heteroatoms. The Kier molecular flexibility index (Phi) is 4.01. The molecule has 0 aliphatic carbocycles. The van der Waals surface area contributed by atoms with Crippen LogP contribution in [-0.2, 0) is 14.3 Å². The lowest BCUT2D eigenvalue weighted by molar-refractivity contribution is 0.123. The van der Waals surface area contributed by atoms with Crippen molar-refractivity contribution in [2.75, 3.05) is 7.11 Å². The van der Waals surface area contributed by atoms with Gasteiger partial charge in [-0.25, -0.2) is 4.79 Å². The van der Waals surface area contributed by atoms with E-state index in [1.807, 2.05) is 0 Å². The van der Waals surface area contributed by atoms with Crippen LogP contribution in [-0.4, -0.2) is 13.6 Å². The number of methoxy groups -OCH3 is 1. The summed E-state index contributed by atoms with van der Waals surface area (Å²) in [6, 6.07) is 0. The Labute approximate surface area is 35.9 Å². The third-order valence-electron chi connectivity index (χ3n) is 0.192. The summed E-state index contributed by atoms with van der Waals surface area (Å²) < 4.78 is 8.00. The van der Waals surface area contributed by atoms with Gasteiger partial charge in [-0.05, 0) is 0 Å². The van der Waals surface area contributed by atoms with Crippen LogP contribution < -0.4 is 0 Å². The zero-order chi connectivity index (χ0) is 4.83. The van der Waals surface area contributed by atoms with Crippen molar-refractivity contribution in [3.05, 3.63) is 6.79 Å². The zero-order valence-electron chi connectivity index (χ0n) is 3.30. The molecule has 2 radical (unpaired) electrons. The summed E-state index contributed by atoms with van der Waals surface area (Å²) in [5.74, 6) is 0. The minimum Gasteiger partial charge on any atom is -0.420 e.